The lowest BCUT2D eigenvalue weighted by atomic mass is 9.95. The molecule has 76 heavy (non-hydrogen) atoms. The highest BCUT2D eigenvalue weighted by molar-refractivity contribution is 6.01. The van der Waals surface area contributed by atoms with E-state index >= 15 is 0 Å². The fraction of sp³-hybridized carbons (Fsp3) is 0. The van der Waals surface area contributed by atoms with Crippen LogP contribution in [0, 0.1) is 0 Å². The largest absolute Gasteiger partial charge is 0.310 e. The summed E-state index contributed by atoms with van der Waals surface area (Å²) in [5, 5.41) is 4.93. The highest BCUT2D eigenvalue weighted by Crippen LogP contribution is 2.43. The number of anilines is 6. The number of hydrogen-bond acceptors (Lipinski definition) is 2. The molecule has 0 saturated carbocycles. The van der Waals surface area contributed by atoms with Crippen molar-refractivity contribution in [2.45, 2.75) is 0 Å². The Labute approximate surface area is 445 Å². The molecule has 0 spiro atoms. The zero-order valence-electron chi connectivity index (χ0n) is 41.9. The van der Waals surface area contributed by atoms with Crippen LogP contribution in [-0.4, -0.2) is 0 Å². The van der Waals surface area contributed by atoms with Crippen LogP contribution in [0.5, 0.6) is 0 Å². The third-order valence-corrected chi connectivity index (χ3v) is 14.6. The van der Waals surface area contributed by atoms with Gasteiger partial charge in [0.1, 0.15) is 0 Å². The Morgan fingerprint density at radius 2 is 0.421 bits per heavy atom. The van der Waals surface area contributed by atoms with Crippen LogP contribution >= 0.6 is 0 Å². The van der Waals surface area contributed by atoms with Crippen molar-refractivity contribution in [3.05, 3.63) is 315 Å². The molecular weight excluding hydrogens is 917 g/mol. The van der Waals surface area contributed by atoms with Crippen molar-refractivity contribution in [3.8, 4) is 66.8 Å². The van der Waals surface area contributed by atoms with Crippen molar-refractivity contribution in [3.63, 3.8) is 0 Å². The lowest BCUT2D eigenvalue weighted by Crippen LogP contribution is -2.11. The Kier molecular flexibility index (Phi) is 12.3. The summed E-state index contributed by atoms with van der Waals surface area (Å²) in [5.41, 5.74) is 21.0. The summed E-state index contributed by atoms with van der Waals surface area (Å²) in [6.07, 6.45) is 0. The summed E-state index contributed by atoms with van der Waals surface area (Å²) in [6, 6.07) is 114. The van der Waals surface area contributed by atoms with Gasteiger partial charge in [0.15, 0.2) is 0 Å². The van der Waals surface area contributed by atoms with Crippen LogP contribution in [0.2, 0.25) is 0 Å². The average Bonchev–Trinajstić information content (AvgIpc) is 3.51. The minimum absolute atomic E-state index is 1.11. The van der Waals surface area contributed by atoms with Crippen molar-refractivity contribution in [2.75, 3.05) is 9.80 Å². The van der Waals surface area contributed by atoms with Crippen molar-refractivity contribution in [1.82, 2.24) is 0 Å². The Morgan fingerprint density at radius 3 is 0.776 bits per heavy atom. The maximum absolute atomic E-state index is 2.35. The van der Waals surface area contributed by atoms with E-state index in [-0.39, 0.29) is 0 Å². The molecule has 0 amide bonds. The van der Waals surface area contributed by atoms with Gasteiger partial charge in [-0.05, 0) is 162 Å². The lowest BCUT2D eigenvalue weighted by Gasteiger charge is -2.28. The summed E-state index contributed by atoms with van der Waals surface area (Å²) in [5.74, 6) is 0. The molecule has 0 aliphatic rings. The van der Waals surface area contributed by atoms with E-state index in [2.05, 4.69) is 325 Å². The number of rotatable bonds is 12. The van der Waals surface area contributed by atoms with E-state index in [4.69, 9.17) is 0 Å². The molecule has 0 aromatic heterocycles. The molecule has 0 bridgehead atoms. The van der Waals surface area contributed by atoms with Crippen molar-refractivity contribution < 1.29 is 0 Å². The van der Waals surface area contributed by atoms with E-state index in [9.17, 15) is 0 Å². The highest BCUT2D eigenvalue weighted by atomic mass is 15.1. The number of fused-ring (bicyclic) bond motifs is 2. The normalized spacial score (nSPS) is 11.2. The third kappa shape index (κ3) is 9.21. The molecule has 0 fully saturated rings. The Hall–Kier alpha value is -10.0. The van der Waals surface area contributed by atoms with Gasteiger partial charge in [0, 0.05) is 33.9 Å². The number of nitrogens with zero attached hydrogens (tertiary/aromatic N) is 2. The number of hydrogen-bond donors (Lipinski definition) is 0. The van der Waals surface area contributed by atoms with Gasteiger partial charge in [-0.15, -0.1) is 0 Å². The maximum atomic E-state index is 2.35. The summed E-state index contributed by atoms with van der Waals surface area (Å²) < 4.78 is 0. The molecule has 0 atom stereocenters. The van der Waals surface area contributed by atoms with E-state index < -0.39 is 0 Å². The zero-order valence-corrected chi connectivity index (χ0v) is 41.9. The average molecular weight is 969 g/mol. The number of benzene rings is 13. The topological polar surface area (TPSA) is 6.48 Å². The zero-order chi connectivity index (χ0) is 50.6. The van der Waals surface area contributed by atoms with Gasteiger partial charge in [-0.3, -0.25) is 0 Å². The highest BCUT2D eigenvalue weighted by Gasteiger charge is 2.19. The van der Waals surface area contributed by atoms with Gasteiger partial charge in [-0.2, -0.15) is 0 Å². The van der Waals surface area contributed by atoms with Crippen LogP contribution in [0.3, 0.4) is 0 Å². The molecule has 2 nitrogen and oxygen atoms in total. The monoisotopic (exact) mass is 968 g/mol. The van der Waals surface area contributed by atoms with Crippen molar-refractivity contribution in [2.24, 2.45) is 0 Å². The molecule has 13 rings (SSSR count). The summed E-state index contributed by atoms with van der Waals surface area (Å²) in [4.78, 5) is 4.70. The van der Waals surface area contributed by atoms with E-state index in [1.807, 2.05) is 0 Å². The molecule has 358 valence electrons. The van der Waals surface area contributed by atoms with Crippen LogP contribution in [0.25, 0.3) is 88.3 Å². The van der Waals surface area contributed by atoms with Crippen LogP contribution in [0.4, 0.5) is 34.1 Å². The molecule has 2 heteroatoms. The maximum Gasteiger partial charge on any atom is 0.0540 e. The Morgan fingerprint density at radius 1 is 0.158 bits per heavy atom. The van der Waals surface area contributed by atoms with E-state index in [0.717, 1.165) is 34.1 Å². The quantitative estimate of drug-likeness (QED) is 0.113. The Balaban J connectivity index is 0.718. The van der Waals surface area contributed by atoms with Gasteiger partial charge in [0.05, 0.1) is 11.4 Å². The molecule has 13 aromatic rings. The van der Waals surface area contributed by atoms with Gasteiger partial charge >= 0.3 is 0 Å². The SMILES string of the molecule is c1ccc(-c2ccccc2N(c2ccccc2)c2ccc(-c3ccc(-c4ccc5cc6cc(-c7ccc(-c8ccc(N(c9ccccc9)c9ccccc9-c9ccccc9)cc8)cc7)ccc6cc5c4)cc3)cc2)cc1. The first kappa shape index (κ1) is 45.8. The van der Waals surface area contributed by atoms with Gasteiger partial charge in [-0.25, -0.2) is 0 Å². The standard InChI is InChI=1S/C74H52N2/c1-5-17-59(18-6-1)71-25-13-15-27-73(71)75(67-21-9-3-10-22-67)69-45-41-55(42-46-69)53-29-33-57(34-30-53)61-37-39-63-52-66-50-62(38-40-64(66)51-65(63)49-61)58-35-31-54(32-36-58)56-43-47-70(48-44-56)76(68-23-11-4-12-24-68)74-28-16-14-26-72(74)60-19-7-2-8-20-60/h1-52H. The summed E-state index contributed by atoms with van der Waals surface area (Å²) in [7, 11) is 0. The molecule has 13 aromatic carbocycles. The second-order valence-corrected chi connectivity index (χ2v) is 19.3. The molecular formula is C74H52N2. The molecule has 0 aliphatic carbocycles. The first-order chi connectivity index (χ1) is 37.7. The van der Waals surface area contributed by atoms with Crippen molar-refractivity contribution >= 4 is 55.7 Å². The fourth-order valence-corrected chi connectivity index (χ4v) is 10.7. The first-order valence-electron chi connectivity index (χ1n) is 26.1. The van der Waals surface area contributed by atoms with E-state index in [0.29, 0.717) is 0 Å². The van der Waals surface area contributed by atoms with Crippen LogP contribution < -0.4 is 9.80 Å². The van der Waals surface area contributed by atoms with Gasteiger partial charge in [0.2, 0.25) is 0 Å². The van der Waals surface area contributed by atoms with Crippen LogP contribution in [0.15, 0.2) is 315 Å². The molecule has 0 saturated heterocycles. The van der Waals surface area contributed by atoms with Gasteiger partial charge in [-0.1, -0.05) is 231 Å². The predicted octanol–water partition coefficient (Wildman–Crippen LogP) is 20.9. The third-order valence-electron chi connectivity index (χ3n) is 14.6. The smallest absolute Gasteiger partial charge is 0.0540 e. The summed E-state index contributed by atoms with van der Waals surface area (Å²) >= 11 is 0. The first-order valence-corrected chi connectivity index (χ1v) is 26.1. The van der Waals surface area contributed by atoms with Crippen molar-refractivity contribution in [1.29, 1.82) is 0 Å². The molecule has 0 radical (unpaired) electrons. The molecule has 0 N–H and O–H groups in total. The minimum atomic E-state index is 1.11. The van der Waals surface area contributed by atoms with Gasteiger partial charge in [0.25, 0.3) is 0 Å². The Bertz CT molecular complexity index is 3830. The summed E-state index contributed by atoms with van der Waals surface area (Å²) in [6.45, 7) is 0. The second-order valence-electron chi connectivity index (χ2n) is 19.3. The van der Waals surface area contributed by atoms with Crippen LogP contribution in [0.1, 0.15) is 0 Å². The van der Waals surface area contributed by atoms with E-state index in [1.165, 1.54) is 88.3 Å². The molecule has 0 heterocycles. The van der Waals surface area contributed by atoms with Crippen LogP contribution in [-0.2, 0) is 0 Å². The fourth-order valence-electron chi connectivity index (χ4n) is 10.7. The number of para-hydroxylation sites is 4. The predicted molar refractivity (Wildman–Crippen MR) is 323 cm³/mol. The minimum Gasteiger partial charge on any atom is -0.310 e. The molecule has 0 unspecified atom stereocenters. The van der Waals surface area contributed by atoms with E-state index in [1.54, 1.807) is 0 Å². The lowest BCUT2D eigenvalue weighted by molar-refractivity contribution is 1.28. The second kappa shape index (κ2) is 20.5. The molecule has 0 aliphatic heterocycles. The van der Waals surface area contributed by atoms with Gasteiger partial charge < -0.3 is 9.80 Å².